The van der Waals surface area contributed by atoms with Crippen LogP contribution >= 0.6 is 23.2 Å². The fourth-order valence-electron chi connectivity index (χ4n) is 1.92. The second kappa shape index (κ2) is 6.33. The van der Waals surface area contributed by atoms with E-state index in [-0.39, 0.29) is 5.02 Å². The summed E-state index contributed by atoms with van der Waals surface area (Å²) in [7, 11) is 3.88. The molecule has 0 unspecified atom stereocenters. The molecule has 0 bridgehead atoms. The number of nitrogens with one attached hydrogen (secondary N) is 1. The Balaban J connectivity index is 2.22. The molecule has 0 spiro atoms. The average molecular weight is 313 g/mol. The van der Waals surface area contributed by atoms with Crippen molar-refractivity contribution in [3.63, 3.8) is 0 Å². The van der Waals surface area contributed by atoms with Crippen molar-refractivity contribution in [3.05, 3.63) is 57.8 Å². The number of benzene rings is 2. The minimum absolute atomic E-state index is 0.128. The summed E-state index contributed by atoms with van der Waals surface area (Å²) in [6, 6.07) is 10.5. The minimum atomic E-state index is -0.393. The van der Waals surface area contributed by atoms with E-state index in [1.165, 1.54) is 6.07 Å². The lowest BCUT2D eigenvalue weighted by Gasteiger charge is -2.19. The van der Waals surface area contributed by atoms with Crippen LogP contribution in [0.15, 0.2) is 36.4 Å². The standard InChI is InChI=1S/C15H15Cl2FN2/c1-20(2)14-7-6-11(16)8-13(14)19-9-10-4-3-5-12(17)15(10)18/h3-8,19H,9H2,1-2H3. The van der Waals surface area contributed by atoms with Crippen molar-refractivity contribution in [3.8, 4) is 0 Å². The summed E-state index contributed by atoms with van der Waals surface area (Å²) in [5.74, 6) is -0.393. The molecular weight excluding hydrogens is 298 g/mol. The van der Waals surface area contributed by atoms with Gasteiger partial charge in [-0.15, -0.1) is 0 Å². The molecule has 0 radical (unpaired) electrons. The van der Waals surface area contributed by atoms with E-state index in [1.807, 2.05) is 37.2 Å². The van der Waals surface area contributed by atoms with Crippen LogP contribution < -0.4 is 10.2 Å². The fraction of sp³-hybridized carbons (Fsp3) is 0.200. The van der Waals surface area contributed by atoms with Crippen molar-refractivity contribution in [1.82, 2.24) is 0 Å². The number of nitrogens with zero attached hydrogens (tertiary/aromatic N) is 1. The molecule has 0 fully saturated rings. The number of anilines is 2. The van der Waals surface area contributed by atoms with Crippen molar-refractivity contribution < 1.29 is 4.39 Å². The third kappa shape index (κ3) is 3.35. The first-order valence-electron chi connectivity index (χ1n) is 6.12. The molecule has 2 nitrogen and oxygen atoms in total. The van der Waals surface area contributed by atoms with E-state index in [9.17, 15) is 4.39 Å². The van der Waals surface area contributed by atoms with Gasteiger partial charge in [0, 0.05) is 31.2 Å². The smallest absolute Gasteiger partial charge is 0.146 e. The van der Waals surface area contributed by atoms with E-state index in [0.29, 0.717) is 17.1 Å². The van der Waals surface area contributed by atoms with Gasteiger partial charge in [0.2, 0.25) is 0 Å². The van der Waals surface area contributed by atoms with Gasteiger partial charge in [-0.1, -0.05) is 35.3 Å². The molecule has 0 amide bonds. The van der Waals surface area contributed by atoms with Gasteiger partial charge in [0.1, 0.15) is 5.82 Å². The molecule has 2 rings (SSSR count). The minimum Gasteiger partial charge on any atom is -0.379 e. The molecule has 0 heterocycles. The van der Waals surface area contributed by atoms with Crippen molar-refractivity contribution in [2.75, 3.05) is 24.3 Å². The Bertz CT molecular complexity index is 615. The van der Waals surface area contributed by atoms with Crippen molar-refractivity contribution >= 4 is 34.6 Å². The topological polar surface area (TPSA) is 15.3 Å². The van der Waals surface area contributed by atoms with Crippen LogP contribution in [-0.4, -0.2) is 14.1 Å². The van der Waals surface area contributed by atoms with Crippen molar-refractivity contribution in [1.29, 1.82) is 0 Å². The van der Waals surface area contributed by atoms with Crippen LogP contribution in [0, 0.1) is 5.82 Å². The summed E-state index contributed by atoms with van der Waals surface area (Å²) >= 11 is 11.8. The molecule has 1 N–H and O–H groups in total. The second-order valence-corrected chi connectivity index (χ2v) is 5.47. The van der Waals surface area contributed by atoms with Crippen LogP contribution in [0.2, 0.25) is 10.0 Å². The van der Waals surface area contributed by atoms with E-state index in [2.05, 4.69) is 5.32 Å². The molecule has 5 heteroatoms. The highest BCUT2D eigenvalue weighted by molar-refractivity contribution is 6.31. The highest BCUT2D eigenvalue weighted by Gasteiger charge is 2.09. The second-order valence-electron chi connectivity index (χ2n) is 4.62. The number of hydrogen-bond acceptors (Lipinski definition) is 2. The van der Waals surface area contributed by atoms with Gasteiger partial charge < -0.3 is 10.2 Å². The van der Waals surface area contributed by atoms with Crippen LogP contribution in [0.5, 0.6) is 0 Å². The van der Waals surface area contributed by atoms with Gasteiger partial charge in [0.05, 0.1) is 16.4 Å². The SMILES string of the molecule is CN(C)c1ccc(Cl)cc1NCc1cccc(Cl)c1F. The van der Waals surface area contributed by atoms with Crippen molar-refractivity contribution in [2.45, 2.75) is 6.54 Å². The summed E-state index contributed by atoms with van der Waals surface area (Å²) in [5.41, 5.74) is 2.35. The van der Waals surface area contributed by atoms with Crippen LogP contribution in [0.1, 0.15) is 5.56 Å². The molecule has 0 aliphatic heterocycles. The molecule has 20 heavy (non-hydrogen) atoms. The first-order valence-corrected chi connectivity index (χ1v) is 6.88. The Morgan fingerprint density at radius 1 is 1.15 bits per heavy atom. The summed E-state index contributed by atoms with van der Waals surface area (Å²) < 4.78 is 13.8. The maximum absolute atomic E-state index is 13.8. The molecule has 0 aliphatic carbocycles. The molecule has 2 aromatic carbocycles. The van der Waals surface area contributed by atoms with Crippen molar-refractivity contribution in [2.24, 2.45) is 0 Å². The molecular formula is C15H15Cl2FN2. The molecule has 2 aromatic rings. The predicted octanol–water partition coefficient (Wildman–Crippen LogP) is 4.81. The molecule has 106 valence electrons. The average Bonchev–Trinajstić information content (AvgIpc) is 2.40. The Morgan fingerprint density at radius 2 is 1.90 bits per heavy atom. The van der Waals surface area contributed by atoms with E-state index >= 15 is 0 Å². The van der Waals surface area contributed by atoms with Gasteiger partial charge in [-0.25, -0.2) is 4.39 Å². The monoisotopic (exact) mass is 312 g/mol. The lowest BCUT2D eigenvalue weighted by Crippen LogP contribution is -2.12. The fourth-order valence-corrected chi connectivity index (χ4v) is 2.28. The van der Waals surface area contributed by atoms with Gasteiger partial charge in [-0.2, -0.15) is 0 Å². The predicted molar refractivity (Wildman–Crippen MR) is 84.5 cm³/mol. The highest BCUT2D eigenvalue weighted by atomic mass is 35.5. The normalized spacial score (nSPS) is 10.4. The van der Waals surface area contributed by atoms with E-state index in [1.54, 1.807) is 12.1 Å². The Labute approximate surface area is 128 Å². The third-order valence-electron chi connectivity index (χ3n) is 2.94. The molecule has 0 saturated carbocycles. The maximum Gasteiger partial charge on any atom is 0.146 e. The zero-order chi connectivity index (χ0) is 14.7. The van der Waals surface area contributed by atoms with Crippen LogP contribution in [0.3, 0.4) is 0 Å². The Hall–Kier alpha value is -1.45. The number of halogens is 3. The number of rotatable bonds is 4. The Kier molecular flexibility index (Phi) is 4.73. The Morgan fingerprint density at radius 3 is 2.60 bits per heavy atom. The summed E-state index contributed by atoms with van der Waals surface area (Å²) in [4.78, 5) is 1.97. The van der Waals surface area contributed by atoms with E-state index < -0.39 is 5.82 Å². The zero-order valence-corrected chi connectivity index (χ0v) is 12.8. The summed E-state index contributed by atoms with van der Waals surface area (Å²) in [5, 5.41) is 3.95. The van der Waals surface area contributed by atoms with Gasteiger partial charge in [-0.3, -0.25) is 0 Å². The van der Waals surface area contributed by atoms with Gasteiger partial charge in [0.25, 0.3) is 0 Å². The molecule has 0 atom stereocenters. The lowest BCUT2D eigenvalue weighted by molar-refractivity contribution is 0.613. The van der Waals surface area contributed by atoms with Crippen LogP contribution in [-0.2, 0) is 6.54 Å². The molecule has 0 aliphatic rings. The summed E-state index contributed by atoms with van der Waals surface area (Å²) in [6.45, 7) is 0.341. The third-order valence-corrected chi connectivity index (χ3v) is 3.47. The quantitative estimate of drug-likeness (QED) is 0.871. The summed E-state index contributed by atoms with van der Waals surface area (Å²) in [6.07, 6.45) is 0. The number of hydrogen-bond donors (Lipinski definition) is 1. The van der Waals surface area contributed by atoms with E-state index in [4.69, 9.17) is 23.2 Å². The maximum atomic E-state index is 13.8. The van der Waals surface area contributed by atoms with Crippen LogP contribution in [0.25, 0.3) is 0 Å². The largest absolute Gasteiger partial charge is 0.379 e. The van der Waals surface area contributed by atoms with Gasteiger partial charge in [-0.05, 0) is 24.3 Å². The van der Waals surface area contributed by atoms with E-state index in [0.717, 1.165) is 11.4 Å². The first kappa shape index (κ1) is 14.9. The first-order chi connectivity index (χ1) is 9.49. The molecule has 0 aromatic heterocycles. The van der Waals surface area contributed by atoms with Crippen LogP contribution in [0.4, 0.5) is 15.8 Å². The lowest BCUT2D eigenvalue weighted by atomic mass is 10.2. The highest BCUT2D eigenvalue weighted by Crippen LogP contribution is 2.28. The zero-order valence-electron chi connectivity index (χ0n) is 11.3. The molecule has 0 saturated heterocycles. The van der Waals surface area contributed by atoms with Gasteiger partial charge in [0.15, 0.2) is 0 Å². The van der Waals surface area contributed by atoms with Gasteiger partial charge >= 0.3 is 0 Å².